The van der Waals surface area contributed by atoms with E-state index in [1.165, 1.54) is 32.1 Å². The Bertz CT molecular complexity index is 419. The van der Waals surface area contributed by atoms with Crippen LogP contribution in [-0.4, -0.2) is 27.5 Å². The van der Waals surface area contributed by atoms with Gasteiger partial charge in [0.25, 0.3) is 0 Å². The van der Waals surface area contributed by atoms with E-state index in [0.29, 0.717) is 16.7 Å². The third-order valence-electron chi connectivity index (χ3n) is 3.43. The molecule has 1 aliphatic heterocycles. The quantitative estimate of drug-likeness (QED) is 0.845. The molecule has 2 rings (SSSR count). The van der Waals surface area contributed by atoms with E-state index >= 15 is 0 Å². The summed E-state index contributed by atoms with van der Waals surface area (Å²) in [6, 6.07) is 0.550. The predicted molar refractivity (Wildman–Crippen MR) is 77.8 cm³/mol. The summed E-state index contributed by atoms with van der Waals surface area (Å²) in [4.78, 5) is 11.4. The molecule has 98 valence electrons. The molecule has 0 aliphatic carbocycles. The number of anilines is 1. The first-order valence-corrected chi connectivity index (χ1v) is 7.02. The Morgan fingerprint density at radius 3 is 2.94 bits per heavy atom. The Balaban J connectivity index is 2.30. The van der Waals surface area contributed by atoms with Gasteiger partial charge in [-0.05, 0) is 25.7 Å². The van der Waals surface area contributed by atoms with Crippen LogP contribution in [0.2, 0.25) is 0 Å². The average Bonchev–Trinajstić information content (AvgIpc) is 2.40. The van der Waals surface area contributed by atoms with E-state index in [0.717, 1.165) is 12.4 Å². The Labute approximate surface area is 114 Å². The summed E-state index contributed by atoms with van der Waals surface area (Å²) in [6.45, 7) is 3.25. The molecule has 0 radical (unpaired) electrons. The van der Waals surface area contributed by atoms with Gasteiger partial charge in [-0.1, -0.05) is 25.6 Å². The van der Waals surface area contributed by atoms with Crippen molar-refractivity contribution in [2.75, 3.05) is 11.4 Å². The fourth-order valence-corrected chi connectivity index (χ4v) is 2.77. The van der Waals surface area contributed by atoms with Gasteiger partial charge in [0, 0.05) is 25.0 Å². The second-order valence-corrected chi connectivity index (χ2v) is 5.16. The Morgan fingerprint density at radius 1 is 1.44 bits per heavy atom. The molecule has 1 fully saturated rings. The summed E-state index contributed by atoms with van der Waals surface area (Å²) < 4.78 is 0. The van der Waals surface area contributed by atoms with Crippen LogP contribution >= 0.6 is 12.2 Å². The third-order valence-corrected chi connectivity index (χ3v) is 3.63. The molecular formula is C13H20N4S. The van der Waals surface area contributed by atoms with Crippen LogP contribution < -0.4 is 10.6 Å². The van der Waals surface area contributed by atoms with Crippen LogP contribution in [0.5, 0.6) is 0 Å². The van der Waals surface area contributed by atoms with E-state index in [1.54, 1.807) is 12.4 Å². The fourth-order valence-electron chi connectivity index (χ4n) is 2.63. The van der Waals surface area contributed by atoms with Crippen LogP contribution in [0, 0.1) is 0 Å². The zero-order valence-corrected chi connectivity index (χ0v) is 11.6. The smallest absolute Gasteiger partial charge is 0.157 e. The van der Waals surface area contributed by atoms with Gasteiger partial charge in [0.05, 0.1) is 0 Å². The highest BCUT2D eigenvalue weighted by atomic mass is 32.1. The lowest BCUT2D eigenvalue weighted by Crippen LogP contribution is -2.41. The Hall–Kier alpha value is -1.23. The summed E-state index contributed by atoms with van der Waals surface area (Å²) in [5.41, 5.74) is 6.41. The molecule has 2 heterocycles. The number of hydrogen-bond acceptors (Lipinski definition) is 4. The zero-order valence-electron chi connectivity index (χ0n) is 10.8. The molecule has 0 aromatic carbocycles. The molecule has 0 saturated carbocycles. The van der Waals surface area contributed by atoms with Crippen molar-refractivity contribution in [3.63, 3.8) is 0 Å². The first kappa shape index (κ1) is 13.2. The molecule has 1 saturated heterocycles. The van der Waals surface area contributed by atoms with Crippen LogP contribution in [-0.2, 0) is 0 Å². The van der Waals surface area contributed by atoms with Crippen LogP contribution in [0.3, 0.4) is 0 Å². The van der Waals surface area contributed by atoms with Gasteiger partial charge in [-0.15, -0.1) is 0 Å². The standard InChI is InChI=1S/C13H20N4S/c1-2-5-10-6-3-4-9-17(10)13-11(12(14)18)15-7-8-16-13/h7-8,10H,2-6,9H2,1H3,(H2,14,18). The maximum Gasteiger partial charge on any atom is 0.157 e. The van der Waals surface area contributed by atoms with Crippen LogP contribution in [0.25, 0.3) is 0 Å². The molecule has 1 aliphatic rings. The van der Waals surface area contributed by atoms with Crippen LogP contribution in [0.1, 0.15) is 44.7 Å². The third kappa shape index (κ3) is 2.77. The molecular weight excluding hydrogens is 244 g/mol. The molecule has 1 atom stereocenters. The monoisotopic (exact) mass is 264 g/mol. The highest BCUT2D eigenvalue weighted by Crippen LogP contribution is 2.27. The summed E-state index contributed by atoms with van der Waals surface area (Å²) >= 11 is 5.07. The van der Waals surface area contributed by atoms with E-state index in [4.69, 9.17) is 18.0 Å². The topological polar surface area (TPSA) is 55.0 Å². The van der Waals surface area contributed by atoms with Crippen molar-refractivity contribution in [1.29, 1.82) is 0 Å². The normalized spacial score (nSPS) is 19.8. The van der Waals surface area contributed by atoms with Crippen LogP contribution in [0.4, 0.5) is 5.82 Å². The van der Waals surface area contributed by atoms with Crippen molar-refractivity contribution >= 4 is 23.0 Å². The zero-order chi connectivity index (χ0) is 13.0. The van der Waals surface area contributed by atoms with Crippen molar-refractivity contribution in [1.82, 2.24) is 9.97 Å². The maximum atomic E-state index is 5.74. The predicted octanol–water partition coefficient (Wildman–Crippen LogP) is 2.27. The molecule has 5 heteroatoms. The fraction of sp³-hybridized carbons (Fsp3) is 0.615. The van der Waals surface area contributed by atoms with Gasteiger partial charge in [0.15, 0.2) is 5.82 Å². The van der Waals surface area contributed by atoms with Crippen molar-refractivity contribution in [3.8, 4) is 0 Å². The lowest BCUT2D eigenvalue weighted by molar-refractivity contribution is 0.431. The average molecular weight is 264 g/mol. The molecule has 1 aromatic rings. The van der Waals surface area contributed by atoms with Crippen molar-refractivity contribution in [3.05, 3.63) is 18.1 Å². The molecule has 1 aromatic heterocycles. The Morgan fingerprint density at radius 2 is 2.22 bits per heavy atom. The van der Waals surface area contributed by atoms with E-state index in [-0.39, 0.29) is 0 Å². The molecule has 0 spiro atoms. The largest absolute Gasteiger partial charge is 0.388 e. The highest BCUT2D eigenvalue weighted by molar-refractivity contribution is 7.80. The number of rotatable bonds is 4. The van der Waals surface area contributed by atoms with Gasteiger partial charge < -0.3 is 10.6 Å². The van der Waals surface area contributed by atoms with Crippen LogP contribution in [0.15, 0.2) is 12.4 Å². The summed E-state index contributed by atoms with van der Waals surface area (Å²) in [7, 11) is 0. The van der Waals surface area contributed by atoms with E-state index < -0.39 is 0 Å². The van der Waals surface area contributed by atoms with Gasteiger partial charge in [0.1, 0.15) is 10.7 Å². The second kappa shape index (κ2) is 6.09. The lowest BCUT2D eigenvalue weighted by atomic mass is 9.98. The summed E-state index contributed by atoms with van der Waals surface area (Å²) in [5, 5.41) is 0. The molecule has 0 amide bonds. The number of hydrogen-bond donors (Lipinski definition) is 1. The van der Waals surface area contributed by atoms with Gasteiger partial charge in [-0.25, -0.2) is 9.97 Å². The summed E-state index contributed by atoms with van der Waals surface area (Å²) in [5.74, 6) is 0.864. The van der Waals surface area contributed by atoms with Gasteiger partial charge >= 0.3 is 0 Å². The number of nitrogens with two attached hydrogens (primary N) is 1. The number of thiocarbonyl (C=S) groups is 1. The van der Waals surface area contributed by atoms with Gasteiger partial charge in [-0.3, -0.25) is 0 Å². The van der Waals surface area contributed by atoms with Gasteiger partial charge in [-0.2, -0.15) is 0 Å². The Kier molecular flexibility index (Phi) is 4.47. The summed E-state index contributed by atoms with van der Waals surface area (Å²) in [6.07, 6.45) is 9.46. The van der Waals surface area contributed by atoms with Gasteiger partial charge in [0.2, 0.25) is 0 Å². The first-order valence-electron chi connectivity index (χ1n) is 6.61. The number of piperidine rings is 1. The number of aromatic nitrogens is 2. The molecule has 18 heavy (non-hydrogen) atoms. The molecule has 1 unspecified atom stereocenters. The lowest BCUT2D eigenvalue weighted by Gasteiger charge is -2.37. The van der Waals surface area contributed by atoms with Crippen molar-refractivity contribution in [2.24, 2.45) is 5.73 Å². The van der Waals surface area contributed by atoms with Crippen molar-refractivity contribution < 1.29 is 0 Å². The SMILES string of the molecule is CCCC1CCCCN1c1nccnc1C(N)=S. The highest BCUT2D eigenvalue weighted by Gasteiger charge is 2.25. The minimum absolute atomic E-state index is 0.332. The van der Waals surface area contributed by atoms with E-state index in [2.05, 4.69) is 21.8 Å². The maximum absolute atomic E-state index is 5.74. The second-order valence-electron chi connectivity index (χ2n) is 4.72. The number of nitrogens with zero attached hydrogens (tertiary/aromatic N) is 3. The molecule has 4 nitrogen and oxygen atoms in total. The minimum atomic E-state index is 0.332. The van der Waals surface area contributed by atoms with Crippen molar-refractivity contribution in [2.45, 2.75) is 45.1 Å². The minimum Gasteiger partial charge on any atom is -0.388 e. The first-order chi connectivity index (χ1) is 8.74. The molecule has 0 bridgehead atoms. The van der Waals surface area contributed by atoms with E-state index in [1.807, 2.05) is 0 Å². The van der Waals surface area contributed by atoms with E-state index in [9.17, 15) is 0 Å². The molecule has 2 N–H and O–H groups in total.